The van der Waals surface area contributed by atoms with Gasteiger partial charge in [0.2, 0.25) is 11.7 Å². The average Bonchev–Trinajstić information content (AvgIpc) is 2.76. The van der Waals surface area contributed by atoms with Crippen molar-refractivity contribution in [2.24, 2.45) is 0 Å². The van der Waals surface area contributed by atoms with Crippen LogP contribution >= 0.6 is 11.6 Å². The molecule has 0 aliphatic heterocycles. The quantitative estimate of drug-likeness (QED) is 0.640. The highest BCUT2D eigenvalue weighted by Crippen LogP contribution is 2.36. The van der Waals surface area contributed by atoms with Crippen LogP contribution in [0.15, 0.2) is 22.7 Å². The van der Waals surface area contributed by atoms with Crippen LogP contribution in [-0.4, -0.2) is 16.0 Å². The number of aryl methyl sites for hydroxylation is 1. The Labute approximate surface area is 110 Å². The van der Waals surface area contributed by atoms with Gasteiger partial charge in [-0.2, -0.15) is 18.2 Å². The van der Waals surface area contributed by atoms with Gasteiger partial charge in [-0.1, -0.05) is 5.16 Å². The van der Waals surface area contributed by atoms with Crippen molar-refractivity contribution in [3.63, 3.8) is 0 Å². The molecular weight excluding hydrogens is 288 g/mol. The number of rotatable bonds is 3. The van der Waals surface area contributed by atoms with Crippen LogP contribution in [0.1, 0.15) is 11.5 Å². The topological polar surface area (TPSA) is 38.9 Å². The fourth-order valence-electron chi connectivity index (χ4n) is 1.50. The van der Waals surface area contributed by atoms with Gasteiger partial charge in [0.1, 0.15) is 5.82 Å². The lowest BCUT2D eigenvalue weighted by Crippen LogP contribution is -2.08. The van der Waals surface area contributed by atoms with E-state index in [2.05, 4.69) is 10.1 Å². The zero-order chi connectivity index (χ0) is 14.0. The molecule has 0 saturated carbocycles. The summed E-state index contributed by atoms with van der Waals surface area (Å²) in [7, 11) is 0. The van der Waals surface area contributed by atoms with Gasteiger partial charge in [-0.15, -0.1) is 11.6 Å². The van der Waals surface area contributed by atoms with Crippen molar-refractivity contribution in [3.8, 4) is 11.4 Å². The third-order valence-corrected chi connectivity index (χ3v) is 2.49. The molecule has 0 aliphatic carbocycles. The van der Waals surface area contributed by atoms with Crippen molar-refractivity contribution in [2.45, 2.75) is 12.6 Å². The monoisotopic (exact) mass is 294 g/mol. The normalized spacial score (nSPS) is 11.8. The third kappa shape index (κ3) is 3.04. The van der Waals surface area contributed by atoms with Crippen LogP contribution in [-0.2, 0) is 12.6 Å². The van der Waals surface area contributed by atoms with E-state index in [-0.39, 0.29) is 24.0 Å². The lowest BCUT2D eigenvalue weighted by molar-refractivity contribution is -0.137. The second-order valence-electron chi connectivity index (χ2n) is 3.64. The Morgan fingerprint density at radius 1 is 1.26 bits per heavy atom. The van der Waals surface area contributed by atoms with Gasteiger partial charge in [0, 0.05) is 17.9 Å². The van der Waals surface area contributed by atoms with Crippen molar-refractivity contribution < 1.29 is 22.1 Å². The van der Waals surface area contributed by atoms with Crippen LogP contribution in [0.3, 0.4) is 0 Å². The fourth-order valence-corrected chi connectivity index (χ4v) is 1.66. The van der Waals surface area contributed by atoms with Crippen molar-refractivity contribution in [1.29, 1.82) is 0 Å². The van der Waals surface area contributed by atoms with E-state index in [1.165, 1.54) is 0 Å². The van der Waals surface area contributed by atoms with Crippen molar-refractivity contribution in [3.05, 3.63) is 35.5 Å². The molecule has 102 valence electrons. The molecule has 0 aliphatic rings. The summed E-state index contributed by atoms with van der Waals surface area (Å²) in [5, 5.41) is 3.41. The van der Waals surface area contributed by atoms with Gasteiger partial charge in [0.25, 0.3) is 0 Å². The smallest absolute Gasteiger partial charge is 0.339 e. The van der Waals surface area contributed by atoms with E-state index in [0.29, 0.717) is 6.07 Å². The summed E-state index contributed by atoms with van der Waals surface area (Å²) in [5.74, 6) is -0.835. The molecule has 0 atom stereocenters. The van der Waals surface area contributed by atoms with Crippen LogP contribution < -0.4 is 0 Å². The molecule has 0 N–H and O–H groups in total. The first-order valence-corrected chi connectivity index (χ1v) is 5.71. The van der Waals surface area contributed by atoms with Crippen LogP contribution in [0, 0.1) is 5.82 Å². The first kappa shape index (κ1) is 13.8. The van der Waals surface area contributed by atoms with Crippen molar-refractivity contribution in [1.82, 2.24) is 10.1 Å². The Bertz CT molecular complexity index is 582. The summed E-state index contributed by atoms with van der Waals surface area (Å²) in [6.45, 7) is 0. The molecule has 0 radical (unpaired) electrons. The molecule has 3 nitrogen and oxygen atoms in total. The van der Waals surface area contributed by atoms with Crippen molar-refractivity contribution in [2.75, 3.05) is 5.88 Å². The van der Waals surface area contributed by atoms with E-state index in [1.807, 2.05) is 0 Å². The predicted molar refractivity (Wildman–Crippen MR) is 59.1 cm³/mol. The largest absolute Gasteiger partial charge is 0.417 e. The molecule has 8 heteroatoms. The second kappa shape index (κ2) is 5.16. The van der Waals surface area contributed by atoms with Crippen LogP contribution in [0.5, 0.6) is 0 Å². The minimum absolute atomic E-state index is 0.0994. The number of aromatic nitrogens is 2. The molecular formula is C11H7ClF4N2O. The molecule has 0 unspecified atom stereocenters. The van der Waals surface area contributed by atoms with Gasteiger partial charge in [0.15, 0.2) is 0 Å². The van der Waals surface area contributed by atoms with E-state index >= 15 is 0 Å². The van der Waals surface area contributed by atoms with Crippen LogP contribution in [0.25, 0.3) is 11.4 Å². The fraction of sp³-hybridized carbons (Fsp3) is 0.273. The Morgan fingerprint density at radius 2 is 2.00 bits per heavy atom. The minimum Gasteiger partial charge on any atom is -0.339 e. The first-order valence-electron chi connectivity index (χ1n) is 5.17. The number of halogens is 5. The lowest BCUT2D eigenvalue weighted by atomic mass is 10.1. The number of benzene rings is 1. The number of hydrogen-bond acceptors (Lipinski definition) is 3. The summed E-state index contributed by atoms with van der Waals surface area (Å²) >= 11 is 5.45. The molecule has 0 bridgehead atoms. The lowest BCUT2D eigenvalue weighted by Gasteiger charge is -2.10. The minimum atomic E-state index is -4.63. The van der Waals surface area contributed by atoms with Gasteiger partial charge < -0.3 is 4.52 Å². The molecule has 0 saturated heterocycles. The number of alkyl halides is 4. The summed E-state index contributed by atoms with van der Waals surface area (Å²) in [5.41, 5.74) is -1.48. The van der Waals surface area contributed by atoms with Crippen LogP contribution in [0.2, 0.25) is 0 Å². The molecule has 0 spiro atoms. The Balaban J connectivity index is 2.50. The van der Waals surface area contributed by atoms with Gasteiger partial charge in [0.05, 0.1) is 5.56 Å². The number of nitrogens with zero attached hydrogens (tertiary/aromatic N) is 2. The SMILES string of the molecule is Fc1ccc(C(F)(F)F)c(-c2noc(CCCl)n2)c1. The molecule has 1 heterocycles. The highest BCUT2D eigenvalue weighted by Gasteiger charge is 2.35. The van der Waals surface area contributed by atoms with Gasteiger partial charge >= 0.3 is 6.18 Å². The van der Waals surface area contributed by atoms with E-state index in [0.717, 1.165) is 12.1 Å². The van der Waals surface area contributed by atoms with Gasteiger partial charge in [-0.25, -0.2) is 4.39 Å². The molecule has 0 fully saturated rings. The summed E-state index contributed by atoms with van der Waals surface area (Å²) in [6.07, 6.45) is -4.40. The van der Waals surface area contributed by atoms with Gasteiger partial charge in [-0.3, -0.25) is 0 Å². The van der Waals surface area contributed by atoms with Crippen molar-refractivity contribution >= 4 is 11.6 Å². The maximum Gasteiger partial charge on any atom is 0.417 e. The Hall–Kier alpha value is -1.63. The first-order chi connectivity index (χ1) is 8.91. The maximum absolute atomic E-state index is 13.1. The van der Waals surface area contributed by atoms with Gasteiger partial charge in [-0.05, 0) is 18.2 Å². The van der Waals surface area contributed by atoms with E-state index in [4.69, 9.17) is 16.1 Å². The number of hydrogen-bond donors (Lipinski definition) is 0. The van der Waals surface area contributed by atoms with E-state index in [9.17, 15) is 17.6 Å². The summed E-state index contributed by atoms with van der Waals surface area (Å²) in [4.78, 5) is 3.76. The van der Waals surface area contributed by atoms with E-state index < -0.39 is 23.1 Å². The molecule has 19 heavy (non-hydrogen) atoms. The zero-order valence-corrected chi connectivity index (χ0v) is 10.1. The molecule has 1 aromatic carbocycles. The molecule has 0 amide bonds. The zero-order valence-electron chi connectivity index (χ0n) is 9.34. The standard InChI is InChI=1S/C11H7ClF4N2O/c12-4-3-9-17-10(18-19-9)7-5-6(13)1-2-8(7)11(14,15)16/h1-2,5H,3-4H2. The highest BCUT2D eigenvalue weighted by atomic mass is 35.5. The summed E-state index contributed by atoms with van der Waals surface area (Å²) < 4.78 is 56.2. The second-order valence-corrected chi connectivity index (χ2v) is 4.02. The molecule has 2 aromatic rings. The summed E-state index contributed by atoms with van der Waals surface area (Å²) in [6, 6.07) is 2.09. The highest BCUT2D eigenvalue weighted by molar-refractivity contribution is 6.17. The average molecular weight is 295 g/mol. The molecule has 1 aromatic heterocycles. The maximum atomic E-state index is 13.1. The Kier molecular flexibility index (Phi) is 3.75. The predicted octanol–water partition coefficient (Wildman–Crippen LogP) is 3.68. The molecule has 2 rings (SSSR count). The Morgan fingerprint density at radius 3 is 2.63 bits per heavy atom. The third-order valence-electron chi connectivity index (χ3n) is 2.30. The van der Waals surface area contributed by atoms with E-state index in [1.54, 1.807) is 0 Å². The van der Waals surface area contributed by atoms with Crippen LogP contribution in [0.4, 0.5) is 17.6 Å².